The predicted molar refractivity (Wildman–Crippen MR) is 153 cm³/mol. The van der Waals surface area contributed by atoms with Crippen molar-refractivity contribution in [2.75, 3.05) is 6.54 Å². The quantitative estimate of drug-likeness (QED) is 0.0669. The lowest BCUT2D eigenvalue weighted by Gasteiger charge is -2.25. The maximum Gasteiger partial charge on any atom is 0.326 e. The number of nitrogens with two attached hydrogens (primary N) is 3. The normalized spacial score (nSPS) is 13.9. The number of aromatic amines is 1. The molecule has 224 valence electrons. The number of carboxylic acids is 1. The van der Waals surface area contributed by atoms with Gasteiger partial charge in [0, 0.05) is 31.3 Å². The van der Waals surface area contributed by atoms with Crippen molar-refractivity contribution >= 4 is 29.7 Å². The van der Waals surface area contributed by atoms with Gasteiger partial charge >= 0.3 is 5.97 Å². The molecule has 4 atom stereocenters. The molecule has 2 aromatic rings. The maximum absolute atomic E-state index is 13.5. The predicted octanol–water partition coefficient (Wildman–Crippen LogP) is -0.839. The van der Waals surface area contributed by atoms with Gasteiger partial charge in [0.25, 0.3) is 0 Å². The molecule has 1 aromatic carbocycles. The summed E-state index contributed by atoms with van der Waals surface area (Å²) in [7, 11) is 0. The van der Waals surface area contributed by atoms with Gasteiger partial charge in [0.1, 0.15) is 18.1 Å². The monoisotopic (exact) mass is 571 g/mol. The van der Waals surface area contributed by atoms with E-state index < -0.39 is 47.9 Å². The number of guanidine groups is 1. The summed E-state index contributed by atoms with van der Waals surface area (Å²) in [4.78, 5) is 62.1. The lowest BCUT2D eigenvalue weighted by Crippen LogP contribution is -2.57. The first-order valence-corrected chi connectivity index (χ1v) is 13.4. The minimum Gasteiger partial charge on any atom is -0.480 e. The van der Waals surface area contributed by atoms with E-state index in [1.807, 2.05) is 44.2 Å². The molecular formula is C27H41N9O5. The Morgan fingerprint density at radius 2 is 1.59 bits per heavy atom. The summed E-state index contributed by atoms with van der Waals surface area (Å²) in [5.41, 5.74) is 18.1. The number of benzene rings is 1. The van der Waals surface area contributed by atoms with Gasteiger partial charge in [-0.3, -0.25) is 19.4 Å². The number of hydrogen-bond acceptors (Lipinski definition) is 7. The number of nitrogens with zero attached hydrogens (tertiary/aromatic N) is 2. The van der Waals surface area contributed by atoms with Crippen LogP contribution in [0.2, 0.25) is 0 Å². The van der Waals surface area contributed by atoms with Crippen LogP contribution < -0.4 is 33.2 Å². The van der Waals surface area contributed by atoms with Gasteiger partial charge in [-0.2, -0.15) is 0 Å². The van der Waals surface area contributed by atoms with Gasteiger partial charge in [0.05, 0.1) is 12.4 Å². The van der Waals surface area contributed by atoms with E-state index in [0.29, 0.717) is 18.5 Å². The van der Waals surface area contributed by atoms with Crippen molar-refractivity contribution in [2.45, 2.75) is 70.1 Å². The number of hydrogen-bond donors (Lipinski definition) is 8. The van der Waals surface area contributed by atoms with Crippen molar-refractivity contribution in [3.63, 3.8) is 0 Å². The van der Waals surface area contributed by atoms with Crippen LogP contribution in [-0.4, -0.2) is 75.4 Å². The van der Waals surface area contributed by atoms with Crippen LogP contribution in [0, 0.1) is 5.92 Å². The second kappa shape index (κ2) is 16.6. The molecule has 0 aliphatic rings. The molecule has 11 N–H and O–H groups in total. The molecule has 0 spiro atoms. The molecule has 0 radical (unpaired) electrons. The van der Waals surface area contributed by atoms with Crippen LogP contribution >= 0.6 is 0 Å². The van der Waals surface area contributed by atoms with Crippen LogP contribution in [0.1, 0.15) is 44.4 Å². The van der Waals surface area contributed by atoms with Crippen molar-refractivity contribution < 1.29 is 24.3 Å². The molecule has 0 bridgehead atoms. The minimum absolute atomic E-state index is 0.0455. The second-order valence-corrected chi connectivity index (χ2v) is 10.2. The van der Waals surface area contributed by atoms with E-state index in [2.05, 4.69) is 30.9 Å². The Morgan fingerprint density at radius 3 is 2.17 bits per heavy atom. The number of aliphatic imine (C=N–C) groups is 1. The summed E-state index contributed by atoms with van der Waals surface area (Å²) in [5, 5.41) is 17.6. The zero-order valence-corrected chi connectivity index (χ0v) is 23.4. The largest absolute Gasteiger partial charge is 0.480 e. The van der Waals surface area contributed by atoms with Gasteiger partial charge in [0.15, 0.2) is 5.96 Å². The van der Waals surface area contributed by atoms with Gasteiger partial charge in [0.2, 0.25) is 17.7 Å². The van der Waals surface area contributed by atoms with Gasteiger partial charge in [-0.05, 0) is 30.7 Å². The van der Waals surface area contributed by atoms with Crippen molar-refractivity contribution in [3.8, 4) is 0 Å². The molecule has 1 heterocycles. The lowest BCUT2D eigenvalue weighted by molar-refractivity contribution is -0.142. The molecule has 14 nitrogen and oxygen atoms in total. The molecule has 4 unspecified atom stereocenters. The number of H-pyrrole nitrogens is 1. The summed E-state index contributed by atoms with van der Waals surface area (Å²) in [5.74, 6) is -3.04. The highest BCUT2D eigenvalue weighted by molar-refractivity contribution is 5.94. The fraction of sp³-hybridized carbons (Fsp3) is 0.481. The number of aliphatic carboxylic acids is 1. The first kappa shape index (κ1) is 32.8. The molecule has 0 aliphatic heterocycles. The van der Waals surface area contributed by atoms with Gasteiger partial charge in [-0.15, -0.1) is 0 Å². The molecule has 14 heteroatoms. The third-order valence-electron chi connectivity index (χ3n) is 6.15. The molecule has 0 fully saturated rings. The van der Waals surface area contributed by atoms with Gasteiger partial charge in [-0.1, -0.05) is 44.2 Å². The Labute approximate surface area is 238 Å². The molecular weight excluding hydrogens is 530 g/mol. The summed E-state index contributed by atoms with van der Waals surface area (Å²) in [6.45, 7) is 4.06. The topological polar surface area (TPSA) is 244 Å². The molecule has 3 amide bonds. The Bertz CT molecular complexity index is 1150. The number of imidazole rings is 1. The van der Waals surface area contributed by atoms with Crippen LogP contribution in [0.4, 0.5) is 0 Å². The SMILES string of the molecule is CC(C)CC(N)C(=O)NC(Cc1ccccc1)C(=O)NC(CCCN=C(N)N)C(=O)NC(Cc1cnc[nH]1)C(=O)O. The zero-order chi connectivity index (χ0) is 30.4. The smallest absolute Gasteiger partial charge is 0.326 e. The number of aromatic nitrogens is 2. The Kier molecular flexibility index (Phi) is 13.3. The van der Waals surface area contributed by atoms with Crippen molar-refractivity contribution in [2.24, 2.45) is 28.1 Å². The number of rotatable bonds is 17. The number of carbonyl (C=O) groups is 4. The number of carboxylic acid groups (broad SMARTS) is 1. The van der Waals surface area contributed by atoms with E-state index in [1.165, 1.54) is 12.5 Å². The third kappa shape index (κ3) is 12.1. The van der Waals surface area contributed by atoms with E-state index in [-0.39, 0.29) is 37.7 Å². The van der Waals surface area contributed by atoms with Gasteiger partial charge in [-0.25, -0.2) is 9.78 Å². The fourth-order valence-electron chi connectivity index (χ4n) is 4.09. The highest BCUT2D eigenvalue weighted by Crippen LogP contribution is 2.09. The average molecular weight is 572 g/mol. The summed E-state index contributed by atoms with van der Waals surface area (Å²) in [6, 6.07) is 4.78. The Hall–Kier alpha value is -4.46. The van der Waals surface area contributed by atoms with Crippen LogP contribution in [-0.2, 0) is 32.0 Å². The molecule has 1 aromatic heterocycles. The standard InChI is InChI=1S/C27H41N9O5/c1-16(2)11-19(28)23(37)35-21(12-17-7-4-3-5-8-17)25(39)34-20(9-6-10-32-27(29)30)24(38)36-22(26(40)41)13-18-14-31-15-33-18/h3-5,7-8,14-16,19-22H,6,9-13,28H2,1-2H3,(H,31,33)(H,34,39)(H,35,37)(H,36,38)(H,40,41)(H4,29,30,32). The third-order valence-corrected chi connectivity index (χ3v) is 6.15. The van der Waals surface area contributed by atoms with E-state index >= 15 is 0 Å². The fourth-order valence-corrected chi connectivity index (χ4v) is 4.09. The number of nitrogens with one attached hydrogen (secondary N) is 4. The van der Waals surface area contributed by atoms with Gasteiger partial charge < -0.3 is 43.2 Å². The van der Waals surface area contributed by atoms with Crippen molar-refractivity contribution in [3.05, 3.63) is 54.1 Å². The highest BCUT2D eigenvalue weighted by atomic mass is 16.4. The Balaban J connectivity index is 2.24. The number of amides is 3. The maximum atomic E-state index is 13.5. The minimum atomic E-state index is -1.28. The van der Waals surface area contributed by atoms with E-state index in [4.69, 9.17) is 17.2 Å². The van der Waals surface area contributed by atoms with Crippen LogP contribution in [0.5, 0.6) is 0 Å². The molecule has 0 aliphatic carbocycles. The second-order valence-electron chi connectivity index (χ2n) is 10.2. The molecule has 41 heavy (non-hydrogen) atoms. The highest BCUT2D eigenvalue weighted by Gasteiger charge is 2.30. The van der Waals surface area contributed by atoms with Crippen LogP contribution in [0.25, 0.3) is 0 Å². The van der Waals surface area contributed by atoms with E-state index in [1.54, 1.807) is 0 Å². The summed E-state index contributed by atoms with van der Waals surface area (Å²) >= 11 is 0. The van der Waals surface area contributed by atoms with Crippen molar-refractivity contribution in [1.29, 1.82) is 0 Å². The van der Waals surface area contributed by atoms with E-state index in [0.717, 1.165) is 5.56 Å². The molecule has 0 saturated heterocycles. The van der Waals surface area contributed by atoms with Crippen molar-refractivity contribution in [1.82, 2.24) is 25.9 Å². The Morgan fingerprint density at radius 1 is 0.951 bits per heavy atom. The first-order valence-electron chi connectivity index (χ1n) is 13.4. The summed E-state index contributed by atoms with van der Waals surface area (Å²) < 4.78 is 0. The lowest BCUT2D eigenvalue weighted by atomic mass is 10.0. The summed E-state index contributed by atoms with van der Waals surface area (Å²) in [6.07, 6.45) is 3.79. The van der Waals surface area contributed by atoms with Crippen LogP contribution in [0.15, 0.2) is 47.8 Å². The molecule has 2 rings (SSSR count). The van der Waals surface area contributed by atoms with E-state index in [9.17, 15) is 24.3 Å². The van der Waals surface area contributed by atoms with Crippen LogP contribution in [0.3, 0.4) is 0 Å². The molecule has 0 saturated carbocycles. The zero-order valence-electron chi connectivity index (χ0n) is 23.4. The number of carbonyl (C=O) groups excluding carboxylic acids is 3. The first-order chi connectivity index (χ1) is 19.5. The average Bonchev–Trinajstić information content (AvgIpc) is 3.42.